The molecule has 2 fully saturated rings. The summed E-state index contributed by atoms with van der Waals surface area (Å²) in [4.78, 5) is 10.9. The van der Waals surface area contributed by atoms with E-state index < -0.39 is 5.97 Å². The van der Waals surface area contributed by atoms with E-state index in [1.165, 1.54) is 0 Å². The van der Waals surface area contributed by atoms with E-state index >= 15 is 0 Å². The topological polar surface area (TPSA) is 90.9 Å². The fourth-order valence-electron chi connectivity index (χ4n) is 2.69. The van der Waals surface area contributed by atoms with Crippen LogP contribution in [-0.4, -0.2) is 39.6 Å². The van der Waals surface area contributed by atoms with E-state index in [0.717, 1.165) is 19.5 Å². The third-order valence-electron chi connectivity index (χ3n) is 3.46. The standard InChI is InChI=1S/C9H12N4O2/c14-9(15)8-7(11-13-12-8)6-4-1-2-10-3-5(4)6/h4-6,10H,1-3H2,(H,14,15)(H,11,12,13). The highest BCUT2D eigenvalue weighted by Gasteiger charge is 2.54. The first kappa shape index (κ1) is 8.84. The van der Waals surface area contributed by atoms with E-state index in [1.807, 2.05) is 0 Å². The minimum atomic E-state index is -0.990. The summed E-state index contributed by atoms with van der Waals surface area (Å²) in [6.07, 6.45) is 1.11. The monoisotopic (exact) mass is 208 g/mol. The molecule has 3 atom stereocenters. The smallest absolute Gasteiger partial charge is 0.358 e. The minimum absolute atomic E-state index is 0.0920. The van der Waals surface area contributed by atoms with Crippen molar-refractivity contribution >= 4 is 5.97 Å². The summed E-state index contributed by atoms with van der Waals surface area (Å²) in [6, 6.07) is 0. The lowest BCUT2D eigenvalue weighted by Gasteiger charge is -2.07. The van der Waals surface area contributed by atoms with Crippen molar-refractivity contribution in [3.8, 4) is 0 Å². The number of carbonyl (C=O) groups is 1. The minimum Gasteiger partial charge on any atom is -0.476 e. The molecule has 0 amide bonds. The Bertz CT molecular complexity index is 391. The molecule has 0 aromatic carbocycles. The maximum absolute atomic E-state index is 10.9. The zero-order valence-corrected chi connectivity index (χ0v) is 8.10. The van der Waals surface area contributed by atoms with Crippen LogP contribution in [0.2, 0.25) is 0 Å². The molecule has 3 N–H and O–H groups in total. The number of hydrogen-bond acceptors (Lipinski definition) is 4. The summed E-state index contributed by atoms with van der Waals surface area (Å²) in [5, 5.41) is 22.3. The van der Waals surface area contributed by atoms with Gasteiger partial charge in [0.05, 0.1) is 0 Å². The van der Waals surface area contributed by atoms with Gasteiger partial charge in [-0.15, -0.1) is 5.10 Å². The molecule has 1 saturated carbocycles. The molecular formula is C9H12N4O2. The van der Waals surface area contributed by atoms with E-state index in [1.54, 1.807) is 0 Å². The maximum Gasteiger partial charge on any atom is 0.358 e. The van der Waals surface area contributed by atoms with E-state index in [4.69, 9.17) is 5.11 Å². The predicted molar refractivity (Wildman–Crippen MR) is 50.5 cm³/mol. The second-order valence-electron chi connectivity index (χ2n) is 4.21. The summed E-state index contributed by atoms with van der Waals surface area (Å²) >= 11 is 0. The van der Waals surface area contributed by atoms with E-state index in [0.29, 0.717) is 23.4 Å². The first-order chi connectivity index (χ1) is 7.29. The van der Waals surface area contributed by atoms with Crippen molar-refractivity contribution in [3.05, 3.63) is 11.4 Å². The van der Waals surface area contributed by atoms with Gasteiger partial charge in [-0.2, -0.15) is 10.3 Å². The molecule has 3 unspecified atom stereocenters. The summed E-state index contributed by atoms with van der Waals surface area (Å²) in [5.74, 6) is 0.469. The van der Waals surface area contributed by atoms with Crippen LogP contribution in [0.4, 0.5) is 0 Å². The molecule has 15 heavy (non-hydrogen) atoms. The number of rotatable bonds is 2. The molecule has 2 aliphatic rings. The number of nitrogens with zero attached hydrogens (tertiary/aromatic N) is 2. The lowest BCUT2D eigenvalue weighted by atomic mass is 10.1. The van der Waals surface area contributed by atoms with Crippen LogP contribution < -0.4 is 5.32 Å². The van der Waals surface area contributed by atoms with Gasteiger partial charge in [0.2, 0.25) is 0 Å². The highest BCUT2D eigenvalue weighted by Crippen LogP contribution is 2.56. The fraction of sp³-hybridized carbons (Fsp3) is 0.667. The molecule has 6 nitrogen and oxygen atoms in total. The third-order valence-corrected chi connectivity index (χ3v) is 3.46. The Morgan fingerprint density at radius 2 is 2.27 bits per heavy atom. The molecule has 6 heteroatoms. The summed E-state index contributed by atoms with van der Waals surface area (Å²) in [7, 11) is 0. The van der Waals surface area contributed by atoms with Crippen LogP contribution in [0, 0.1) is 11.8 Å². The molecule has 0 spiro atoms. The van der Waals surface area contributed by atoms with Gasteiger partial charge in [0.15, 0.2) is 5.69 Å². The molecule has 1 aliphatic heterocycles. The summed E-state index contributed by atoms with van der Waals surface area (Å²) in [6.45, 7) is 2.00. The Hall–Kier alpha value is -1.43. The molecule has 3 rings (SSSR count). The van der Waals surface area contributed by atoms with Crippen molar-refractivity contribution in [1.29, 1.82) is 0 Å². The first-order valence-electron chi connectivity index (χ1n) is 5.13. The number of piperidine rings is 1. The quantitative estimate of drug-likeness (QED) is 0.627. The number of carboxylic acid groups (broad SMARTS) is 1. The lowest BCUT2D eigenvalue weighted by molar-refractivity contribution is 0.0689. The Kier molecular flexibility index (Phi) is 1.79. The highest BCUT2D eigenvalue weighted by atomic mass is 16.4. The Labute approximate surface area is 86.1 Å². The summed E-state index contributed by atoms with van der Waals surface area (Å²) in [5.41, 5.74) is 0.732. The molecule has 1 saturated heterocycles. The van der Waals surface area contributed by atoms with Crippen molar-refractivity contribution in [1.82, 2.24) is 20.7 Å². The van der Waals surface area contributed by atoms with Crippen LogP contribution in [0.1, 0.15) is 28.5 Å². The third kappa shape index (κ3) is 1.25. The normalized spacial score (nSPS) is 33.5. The van der Waals surface area contributed by atoms with E-state index in [-0.39, 0.29) is 5.69 Å². The molecule has 0 radical (unpaired) electrons. The van der Waals surface area contributed by atoms with Crippen LogP contribution in [0.25, 0.3) is 0 Å². The van der Waals surface area contributed by atoms with Gasteiger partial charge in [-0.25, -0.2) is 4.79 Å². The van der Waals surface area contributed by atoms with E-state index in [9.17, 15) is 4.79 Å². The van der Waals surface area contributed by atoms with E-state index in [2.05, 4.69) is 20.7 Å². The molecule has 1 aromatic rings. The van der Waals surface area contributed by atoms with Crippen LogP contribution >= 0.6 is 0 Å². The molecular weight excluding hydrogens is 196 g/mol. The number of aromatic amines is 1. The number of nitrogens with one attached hydrogen (secondary N) is 2. The SMILES string of the molecule is O=C(O)c1n[nH]nc1C1C2CCNCC21. The zero-order chi connectivity index (χ0) is 10.4. The van der Waals surface area contributed by atoms with Gasteiger partial charge in [-0.05, 0) is 31.3 Å². The Morgan fingerprint density at radius 3 is 2.93 bits per heavy atom. The van der Waals surface area contributed by atoms with Crippen LogP contribution in [0.5, 0.6) is 0 Å². The van der Waals surface area contributed by atoms with Crippen molar-refractivity contribution in [2.24, 2.45) is 11.8 Å². The second-order valence-corrected chi connectivity index (χ2v) is 4.21. The van der Waals surface area contributed by atoms with Crippen molar-refractivity contribution in [2.45, 2.75) is 12.3 Å². The zero-order valence-electron chi connectivity index (χ0n) is 8.10. The number of H-pyrrole nitrogens is 1. The number of fused-ring (bicyclic) bond motifs is 1. The lowest BCUT2D eigenvalue weighted by Crippen LogP contribution is -2.23. The summed E-state index contributed by atoms with van der Waals surface area (Å²) < 4.78 is 0. The van der Waals surface area contributed by atoms with Crippen LogP contribution in [0.15, 0.2) is 0 Å². The highest BCUT2D eigenvalue weighted by molar-refractivity contribution is 5.86. The molecule has 80 valence electrons. The van der Waals surface area contributed by atoms with Crippen molar-refractivity contribution < 1.29 is 9.90 Å². The Balaban J connectivity index is 1.88. The van der Waals surface area contributed by atoms with Crippen molar-refractivity contribution in [3.63, 3.8) is 0 Å². The van der Waals surface area contributed by atoms with Gasteiger partial charge in [0.1, 0.15) is 5.69 Å². The largest absolute Gasteiger partial charge is 0.476 e. The van der Waals surface area contributed by atoms with Gasteiger partial charge >= 0.3 is 5.97 Å². The van der Waals surface area contributed by atoms with Gasteiger partial charge in [-0.1, -0.05) is 0 Å². The number of hydrogen-bond donors (Lipinski definition) is 3. The second kappa shape index (κ2) is 3.03. The number of aromatic carboxylic acids is 1. The molecule has 1 aliphatic carbocycles. The fourth-order valence-corrected chi connectivity index (χ4v) is 2.69. The predicted octanol–water partition coefficient (Wildman–Crippen LogP) is -0.174. The molecule has 1 aromatic heterocycles. The maximum atomic E-state index is 10.9. The number of carboxylic acids is 1. The van der Waals surface area contributed by atoms with Gasteiger partial charge in [-0.3, -0.25) is 0 Å². The average Bonchev–Trinajstić information content (AvgIpc) is 2.74. The van der Waals surface area contributed by atoms with Crippen LogP contribution in [-0.2, 0) is 0 Å². The first-order valence-corrected chi connectivity index (χ1v) is 5.13. The van der Waals surface area contributed by atoms with Gasteiger partial charge in [0.25, 0.3) is 0 Å². The van der Waals surface area contributed by atoms with Gasteiger partial charge < -0.3 is 10.4 Å². The van der Waals surface area contributed by atoms with Crippen LogP contribution in [0.3, 0.4) is 0 Å². The number of aromatic nitrogens is 3. The van der Waals surface area contributed by atoms with Crippen molar-refractivity contribution in [2.75, 3.05) is 13.1 Å². The Morgan fingerprint density at radius 1 is 1.40 bits per heavy atom. The molecule has 0 bridgehead atoms. The average molecular weight is 208 g/mol. The van der Waals surface area contributed by atoms with Gasteiger partial charge in [0, 0.05) is 5.92 Å². The molecule has 2 heterocycles.